The lowest BCUT2D eigenvalue weighted by Gasteiger charge is -2.18. The molecule has 4 heteroatoms. The van der Waals surface area contributed by atoms with E-state index in [0.717, 1.165) is 12.1 Å². The Labute approximate surface area is 147 Å². The molecule has 0 fully saturated rings. The zero-order valence-electron chi connectivity index (χ0n) is 13.2. The molecule has 1 atom stereocenters. The molecular weight excluding hydrogens is 337 g/mol. The number of halogens is 3. The van der Waals surface area contributed by atoms with Gasteiger partial charge in [-0.15, -0.1) is 0 Å². The van der Waals surface area contributed by atoms with Crippen LogP contribution in [0.25, 0.3) is 0 Å². The summed E-state index contributed by atoms with van der Waals surface area (Å²) in [7, 11) is 0. The topological polar surface area (TPSA) is 12.0 Å². The molecule has 0 aliphatic carbocycles. The molecule has 0 spiro atoms. The fourth-order valence-corrected chi connectivity index (χ4v) is 3.16. The third kappa shape index (κ3) is 3.60. The molecule has 0 aliphatic rings. The monoisotopic (exact) mass is 355 g/mol. The van der Waals surface area contributed by atoms with E-state index in [-0.39, 0.29) is 6.04 Å². The van der Waals surface area contributed by atoms with Crippen LogP contribution >= 0.6 is 34.8 Å². The molecule has 1 unspecified atom stereocenters. The van der Waals surface area contributed by atoms with E-state index in [1.54, 1.807) is 6.07 Å². The van der Waals surface area contributed by atoms with Crippen LogP contribution < -0.4 is 5.32 Å². The van der Waals surface area contributed by atoms with Gasteiger partial charge in [-0.1, -0.05) is 53.0 Å². The van der Waals surface area contributed by atoms with Gasteiger partial charge in [0.15, 0.2) is 0 Å². The van der Waals surface area contributed by atoms with Gasteiger partial charge in [-0.05, 0) is 61.6 Å². The minimum atomic E-state index is 0.0864. The van der Waals surface area contributed by atoms with Crippen LogP contribution in [0.2, 0.25) is 15.1 Å². The Morgan fingerprint density at radius 1 is 0.909 bits per heavy atom. The number of nitrogens with one attached hydrogen (secondary N) is 1. The summed E-state index contributed by atoms with van der Waals surface area (Å²) in [5, 5.41) is 4.92. The first-order valence-electron chi connectivity index (χ1n) is 7.25. The predicted octanol–water partition coefficient (Wildman–Crippen LogP) is 6.42. The van der Waals surface area contributed by atoms with Gasteiger partial charge in [0, 0.05) is 12.6 Å². The van der Waals surface area contributed by atoms with Gasteiger partial charge in [0.1, 0.15) is 0 Å². The van der Waals surface area contributed by atoms with Crippen molar-refractivity contribution in [3.8, 4) is 0 Å². The van der Waals surface area contributed by atoms with Crippen LogP contribution in [0.3, 0.4) is 0 Å². The van der Waals surface area contributed by atoms with E-state index in [2.05, 4.69) is 45.1 Å². The summed E-state index contributed by atoms with van der Waals surface area (Å²) in [6, 6.07) is 8.12. The van der Waals surface area contributed by atoms with Gasteiger partial charge in [0.2, 0.25) is 0 Å². The Bertz CT molecular complexity index is 695. The first-order chi connectivity index (χ1) is 10.3. The molecule has 22 heavy (non-hydrogen) atoms. The predicted molar refractivity (Wildman–Crippen MR) is 97.4 cm³/mol. The summed E-state index contributed by atoms with van der Waals surface area (Å²) >= 11 is 18.4. The van der Waals surface area contributed by atoms with Gasteiger partial charge in [-0.2, -0.15) is 0 Å². The van der Waals surface area contributed by atoms with Crippen LogP contribution in [0.4, 0.5) is 0 Å². The van der Waals surface area contributed by atoms with Gasteiger partial charge < -0.3 is 5.32 Å². The average molecular weight is 357 g/mol. The van der Waals surface area contributed by atoms with Crippen LogP contribution in [0.5, 0.6) is 0 Å². The van der Waals surface area contributed by atoms with E-state index in [9.17, 15) is 0 Å². The van der Waals surface area contributed by atoms with Crippen molar-refractivity contribution in [3.63, 3.8) is 0 Å². The fourth-order valence-electron chi connectivity index (χ4n) is 2.45. The van der Waals surface area contributed by atoms with E-state index in [1.807, 2.05) is 6.07 Å². The molecule has 0 heterocycles. The number of rotatable bonds is 4. The highest BCUT2D eigenvalue weighted by Gasteiger charge is 2.14. The van der Waals surface area contributed by atoms with Gasteiger partial charge >= 0.3 is 0 Å². The molecule has 2 aromatic carbocycles. The number of aryl methyl sites for hydroxylation is 1. The Morgan fingerprint density at radius 2 is 1.59 bits per heavy atom. The highest BCUT2D eigenvalue weighted by atomic mass is 35.5. The van der Waals surface area contributed by atoms with Gasteiger partial charge in [0.05, 0.1) is 15.1 Å². The smallest absolute Gasteiger partial charge is 0.0781 e. The number of benzene rings is 2. The second-order valence-electron chi connectivity index (χ2n) is 5.66. The minimum Gasteiger partial charge on any atom is -0.306 e. The Balaban J connectivity index is 2.16. The molecule has 0 amide bonds. The molecule has 1 N–H and O–H groups in total. The van der Waals surface area contributed by atoms with E-state index in [0.29, 0.717) is 15.1 Å². The maximum Gasteiger partial charge on any atom is 0.0781 e. The van der Waals surface area contributed by atoms with Crippen molar-refractivity contribution in [3.05, 3.63) is 67.2 Å². The maximum absolute atomic E-state index is 6.30. The normalized spacial score (nSPS) is 12.5. The second kappa shape index (κ2) is 7.23. The second-order valence-corrected chi connectivity index (χ2v) is 6.82. The lowest BCUT2D eigenvalue weighted by Crippen LogP contribution is -2.19. The van der Waals surface area contributed by atoms with Crippen molar-refractivity contribution in [2.45, 2.75) is 40.3 Å². The van der Waals surface area contributed by atoms with Crippen molar-refractivity contribution in [1.82, 2.24) is 5.32 Å². The summed E-state index contributed by atoms with van der Waals surface area (Å²) in [5.74, 6) is 0. The van der Waals surface area contributed by atoms with E-state index in [4.69, 9.17) is 34.8 Å². The van der Waals surface area contributed by atoms with E-state index in [1.165, 1.54) is 22.3 Å². The van der Waals surface area contributed by atoms with E-state index >= 15 is 0 Å². The molecule has 0 bridgehead atoms. The fraction of sp³-hybridized carbons (Fsp3) is 0.333. The van der Waals surface area contributed by atoms with Crippen LogP contribution in [0.1, 0.15) is 40.8 Å². The van der Waals surface area contributed by atoms with Crippen LogP contribution in [0, 0.1) is 20.8 Å². The van der Waals surface area contributed by atoms with Gasteiger partial charge in [-0.25, -0.2) is 0 Å². The lowest BCUT2D eigenvalue weighted by atomic mass is 9.98. The van der Waals surface area contributed by atoms with Crippen LogP contribution in [0.15, 0.2) is 24.3 Å². The number of hydrogen-bond acceptors (Lipinski definition) is 1. The summed E-state index contributed by atoms with van der Waals surface area (Å²) in [6.07, 6.45) is 0. The summed E-state index contributed by atoms with van der Waals surface area (Å²) in [4.78, 5) is 0. The van der Waals surface area contributed by atoms with Crippen molar-refractivity contribution < 1.29 is 0 Å². The molecular formula is C18H20Cl3N. The quantitative estimate of drug-likeness (QED) is 0.623. The minimum absolute atomic E-state index is 0.0864. The van der Waals surface area contributed by atoms with Crippen molar-refractivity contribution in [2.75, 3.05) is 0 Å². The Kier molecular flexibility index (Phi) is 5.79. The molecule has 0 saturated carbocycles. The summed E-state index contributed by atoms with van der Waals surface area (Å²) < 4.78 is 0. The Morgan fingerprint density at radius 3 is 2.27 bits per heavy atom. The van der Waals surface area contributed by atoms with Crippen molar-refractivity contribution in [2.24, 2.45) is 0 Å². The molecule has 0 aromatic heterocycles. The van der Waals surface area contributed by atoms with Crippen LogP contribution in [-0.2, 0) is 6.54 Å². The molecule has 0 radical (unpaired) electrons. The van der Waals surface area contributed by atoms with Gasteiger partial charge in [0.25, 0.3) is 0 Å². The SMILES string of the molecule is Cc1ccc(CNC(C)c2ccc(Cl)c(Cl)c2Cl)c(C)c1C. The molecule has 0 saturated heterocycles. The van der Waals surface area contributed by atoms with Crippen LogP contribution in [-0.4, -0.2) is 0 Å². The van der Waals surface area contributed by atoms with Crippen molar-refractivity contribution >= 4 is 34.8 Å². The third-order valence-corrected chi connectivity index (χ3v) is 5.61. The first-order valence-corrected chi connectivity index (χ1v) is 8.38. The molecule has 0 aliphatic heterocycles. The zero-order valence-corrected chi connectivity index (χ0v) is 15.5. The van der Waals surface area contributed by atoms with Gasteiger partial charge in [-0.3, -0.25) is 0 Å². The molecule has 2 aromatic rings. The highest BCUT2D eigenvalue weighted by Crippen LogP contribution is 2.35. The van der Waals surface area contributed by atoms with E-state index < -0.39 is 0 Å². The lowest BCUT2D eigenvalue weighted by molar-refractivity contribution is 0.573. The average Bonchev–Trinajstić information content (AvgIpc) is 2.49. The third-order valence-electron chi connectivity index (χ3n) is 4.30. The Hall–Kier alpha value is -0.730. The molecule has 2 rings (SSSR count). The maximum atomic E-state index is 6.30. The summed E-state index contributed by atoms with van der Waals surface area (Å²) in [5.41, 5.74) is 6.25. The molecule has 1 nitrogen and oxygen atoms in total. The largest absolute Gasteiger partial charge is 0.306 e. The molecule has 118 valence electrons. The number of hydrogen-bond donors (Lipinski definition) is 1. The highest BCUT2D eigenvalue weighted by molar-refractivity contribution is 6.48. The van der Waals surface area contributed by atoms with Crippen molar-refractivity contribution in [1.29, 1.82) is 0 Å². The zero-order chi connectivity index (χ0) is 16.4. The first kappa shape index (κ1) is 17.6. The standard InChI is InChI=1S/C18H20Cl3N/c1-10-5-6-14(12(3)11(10)2)9-22-13(4)15-7-8-16(19)18(21)17(15)20/h5-8,13,22H,9H2,1-4H3. The summed E-state index contributed by atoms with van der Waals surface area (Å²) in [6.45, 7) is 9.31.